The summed E-state index contributed by atoms with van der Waals surface area (Å²) in [4.78, 5) is 33.1. The lowest BCUT2D eigenvalue weighted by atomic mass is 9.98. The second kappa shape index (κ2) is 7.39. The Morgan fingerprint density at radius 2 is 1.74 bits per heavy atom. The molecule has 1 atom stereocenters. The second-order valence-corrected chi connectivity index (χ2v) is 7.10. The zero-order chi connectivity index (χ0) is 18.8. The standard InChI is InChI=1S/C21H23N3O3/c1-15(25)23-9-11-24(12-10-23)21(26)20-14-18(22-27-20)13-17-7-4-6-16-5-2-3-8-19(16)17/h2-8,20H,9-14H2,1H3. The minimum absolute atomic E-state index is 0.0325. The summed E-state index contributed by atoms with van der Waals surface area (Å²) in [5.74, 6) is 0.0230. The van der Waals surface area contributed by atoms with Crippen molar-refractivity contribution in [1.82, 2.24) is 9.80 Å². The molecular weight excluding hydrogens is 342 g/mol. The first kappa shape index (κ1) is 17.5. The van der Waals surface area contributed by atoms with E-state index >= 15 is 0 Å². The highest BCUT2D eigenvalue weighted by Crippen LogP contribution is 2.22. The molecule has 0 saturated carbocycles. The molecule has 140 valence electrons. The van der Waals surface area contributed by atoms with E-state index in [1.165, 1.54) is 16.3 Å². The van der Waals surface area contributed by atoms with E-state index in [1.807, 2.05) is 18.2 Å². The molecule has 6 nitrogen and oxygen atoms in total. The number of hydrogen-bond acceptors (Lipinski definition) is 4. The van der Waals surface area contributed by atoms with Gasteiger partial charge in [0.25, 0.3) is 5.91 Å². The molecule has 2 heterocycles. The van der Waals surface area contributed by atoms with Crippen LogP contribution in [0.2, 0.25) is 0 Å². The third kappa shape index (κ3) is 3.65. The predicted molar refractivity (Wildman–Crippen MR) is 103 cm³/mol. The first-order valence-corrected chi connectivity index (χ1v) is 9.34. The number of oxime groups is 1. The summed E-state index contributed by atoms with van der Waals surface area (Å²) in [6.45, 7) is 3.83. The van der Waals surface area contributed by atoms with Crippen LogP contribution in [-0.4, -0.2) is 59.6 Å². The van der Waals surface area contributed by atoms with E-state index < -0.39 is 6.10 Å². The van der Waals surface area contributed by atoms with Crippen molar-refractivity contribution in [2.75, 3.05) is 26.2 Å². The van der Waals surface area contributed by atoms with Gasteiger partial charge in [0.05, 0.1) is 5.71 Å². The van der Waals surface area contributed by atoms with Gasteiger partial charge in [0, 0.05) is 45.9 Å². The fraction of sp³-hybridized carbons (Fsp3) is 0.381. The number of benzene rings is 2. The predicted octanol–water partition coefficient (Wildman–Crippen LogP) is 2.22. The van der Waals surface area contributed by atoms with E-state index in [9.17, 15) is 9.59 Å². The smallest absolute Gasteiger partial charge is 0.267 e. The normalized spacial score (nSPS) is 19.7. The van der Waals surface area contributed by atoms with Gasteiger partial charge in [0.2, 0.25) is 12.0 Å². The summed E-state index contributed by atoms with van der Waals surface area (Å²) in [7, 11) is 0. The van der Waals surface area contributed by atoms with E-state index in [1.54, 1.807) is 16.7 Å². The fourth-order valence-electron chi connectivity index (χ4n) is 3.78. The van der Waals surface area contributed by atoms with Gasteiger partial charge in [0.1, 0.15) is 0 Å². The van der Waals surface area contributed by atoms with Crippen LogP contribution in [0.1, 0.15) is 18.9 Å². The van der Waals surface area contributed by atoms with Crippen LogP contribution in [0, 0.1) is 0 Å². The van der Waals surface area contributed by atoms with Crippen LogP contribution >= 0.6 is 0 Å². The van der Waals surface area contributed by atoms with E-state index in [2.05, 4.69) is 29.4 Å². The quantitative estimate of drug-likeness (QED) is 0.838. The SMILES string of the molecule is CC(=O)N1CCN(C(=O)C2CC(Cc3cccc4ccccc34)=NO2)CC1. The van der Waals surface area contributed by atoms with Crippen LogP contribution in [0.25, 0.3) is 10.8 Å². The fourth-order valence-corrected chi connectivity index (χ4v) is 3.78. The van der Waals surface area contributed by atoms with Crippen molar-refractivity contribution in [2.24, 2.45) is 5.16 Å². The van der Waals surface area contributed by atoms with Crippen molar-refractivity contribution in [2.45, 2.75) is 25.9 Å². The topological polar surface area (TPSA) is 62.2 Å². The number of nitrogens with zero attached hydrogens (tertiary/aromatic N) is 3. The minimum atomic E-state index is -0.543. The van der Waals surface area contributed by atoms with Gasteiger partial charge in [-0.1, -0.05) is 47.6 Å². The molecule has 0 N–H and O–H groups in total. The molecule has 0 radical (unpaired) electrons. The van der Waals surface area contributed by atoms with Gasteiger partial charge in [0.15, 0.2) is 0 Å². The van der Waals surface area contributed by atoms with Crippen molar-refractivity contribution in [3.63, 3.8) is 0 Å². The summed E-state index contributed by atoms with van der Waals surface area (Å²) < 4.78 is 0. The highest BCUT2D eigenvalue weighted by molar-refractivity contribution is 5.97. The number of hydrogen-bond donors (Lipinski definition) is 0. The number of amides is 2. The summed E-state index contributed by atoms with van der Waals surface area (Å²) in [6.07, 6.45) is 0.664. The molecule has 0 aromatic heterocycles. The summed E-state index contributed by atoms with van der Waals surface area (Å²) in [6, 6.07) is 14.5. The van der Waals surface area contributed by atoms with Gasteiger partial charge in [-0.05, 0) is 16.3 Å². The Morgan fingerprint density at radius 1 is 1.04 bits per heavy atom. The molecule has 2 aromatic rings. The number of piperazine rings is 1. The molecule has 2 aliphatic rings. The first-order chi connectivity index (χ1) is 13.1. The lowest BCUT2D eigenvalue weighted by molar-refractivity contribution is -0.146. The summed E-state index contributed by atoms with van der Waals surface area (Å²) in [5.41, 5.74) is 2.09. The van der Waals surface area contributed by atoms with E-state index in [-0.39, 0.29) is 11.8 Å². The zero-order valence-corrected chi connectivity index (χ0v) is 15.4. The largest absolute Gasteiger partial charge is 0.382 e. The molecule has 1 fully saturated rings. The van der Waals surface area contributed by atoms with Crippen molar-refractivity contribution >= 4 is 28.3 Å². The molecule has 2 amide bonds. The van der Waals surface area contributed by atoms with Gasteiger partial charge >= 0.3 is 0 Å². The van der Waals surface area contributed by atoms with Gasteiger partial charge in [-0.2, -0.15) is 0 Å². The monoisotopic (exact) mass is 365 g/mol. The summed E-state index contributed by atoms with van der Waals surface area (Å²) in [5, 5.41) is 6.59. The van der Waals surface area contributed by atoms with Crippen LogP contribution in [0.3, 0.4) is 0 Å². The number of fused-ring (bicyclic) bond motifs is 1. The maximum Gasteiger partial charge on any atom is 0.267 e. The highest BCUT2D eigenvalue weighted by Gasteiger charge is 2.33. The Bertz CT molecular complexity index is 895. The van der Waals surface area contributed by atoms with Gasteiger partial charge < -0.3 is 14.6 Å². The molecule has 0 aliphatic carbocycles. The van der Waals surface area contributed by atoms with Crippen LogP contribution < -0.4 is 0 Å². The maximum absolute atomic E-state index is 12.7. The van der Waals surface area contributed by atoms with E-state index in [0.29, 0.717) is 39.0 Å². The average molecular weight is 365 g/mol. The van der Waals surface area contributed by atoms with Crippen LogP contribution in [0.15, 0.2) is 47.6 Å². The number of carbonyl (C=O) groups is 2. The van der Waals surface area contributed by atoms with Crippen molar-refractivity contribution < 1.29 is 14.4 Å². The van der Waals surface area contributed by atoms with Gasteiger partial charge in [-0.25, -0.2) is 0 Å². The van der Waals surface area contributed by atoms with Gasteiger partial charge in [-0.15, -0.1) is 0 Å². The molecule has 4 rings (SSSR count). The molecule has 1 saturated heterocycles. The molecule has 0 spiro atoms. The van der Waals surface area contributed by atoms with Crippen molar-refractivity contribution in [3.8, 4) is 0 Å². The minimum Gasteiger partial charge on any atom is -0.382 e. The van der Waals surface area contributed by atoms with Crippen molar-refractivity contribution in [3.05, 3.63) is 48.0 Å². The molecule has 0 bridgehead atoms. The lowest BCUT2D eigenvalue weighted by Gasteiger charge is -2.34. The second-order valence-electron chi connectivity index (χ2n) is 7.10. The van der Waals surface area contributed by atoms with E-state index in [4.69, 9.17) is 4.84 Å². The Hall–Kier alpha value is -2.89. The molecule has 1 unspecified atom stereocenters. The van der Waals surface area contributed by atoms with Crippen molar-refractivity contribution in [1.29, 1.82) is 0 Å². The molecule has 2 aromatic carbocycles. The Balaban J connectivity index is 1.37. The van der Waals surface area contributed by atoms with Crippen LogP contribution in [0.4, 0.5) is 0 Å². The molecule has 6 heteroatoms. The number of carbonyl (C=O) groups excluding carboxylic acids is 2. The lowest BCUT2D eigenvalue weighted by Crippen LogP contribution is -2.52. The molecule has 27 heavy (non-hydrogen) atoms. The van der Waals surface area contributed by atoms with E-state index in [0.717, 1.165) is 5.71 Å². The average Bonchev–Trinajstić information content (AvgIpc) is 3.16. The Labute approximate surface area is 158 Å². The third-order valence-corrected chi connectivity index (χ3v) is 5.32. The molecular formula is C21H23N3O3. The summed E-state index contributed by atoms with van der Waals surface area (Å²) >= 11 is 0. The van der Waals surface area contributed by atoms with Crippen LogP contribution in [0.5, 0.6) is 0 Å². The van der Waals surface area contributed by atoms with Gasteiger partial charge in [-0.3, -0.25) is 9.59 Å². The third-order valence-electron chi connectivity index (χ3n) is 5.32. The Kier molecular flexibility index (Phi) is 4.79. The molecule has 2 aliphatic heterocycles. The Morgan fingerprint density at radius 3 is 2.52 bits per heavy atom. The number of rotatable bonds is 3. The van der Waals surface area contributed by atoms with Crippen LogP contribution in [-0.2, 0) is 20.8 Å². The first-order valence-electron chi connectivity index (χ1n) is 9.34. The zero-order valence-electron chi connectivity index (χ0n) is 15.4. The maximum atomic E-state index is 12.7. The highest BCUT2D eigenvalue weighted by atomic mass is 16.6.